The number of nitrogens with one attached hydrogen (secondary N) is 1. The third-order valence-electron chi connectivity index (χ3n) is 5.89. The van der Waals surface area contributed by atoms with Gasteiger partial charge in [0, 0.05) is 12.2 Å². The van der Waals surface area contributed by atoms with Crippen molar-refractivity contribution in [3.8, 4) is 0 Å². The van der Waals surface area contributed by atoms with Gasteiger partial charge in [0.1, 0.15) is 5.70 Å². The van der Waals surface area contributed by atoms with Gasteiger partial charge < -0.3 is 5.32 Å². The molecule has 3 aromatic carbocycles. The lowest BCUT2D eigenvalue weighted by molar-refractivity contribution is -0.138. The maximum atomic E-state index is 13.4. The molecule has 1 aliphatic rings. The van der Waals surface area contributed by atoms with Gasteiger partial charge >= 0.3 is 6.18 Å². The maximum absolute atomic E-state index is 13.4. The molecule has 0 unspecified atom stereocenters. The number of amides is 2. The number of nitrogens with zero attached hydrogens (tertiary/aromatic N) is 1. The molecule has 7 heteroatoms. The molecule has 2 amide bonds. The summed E-state index contributed by atoms with van der Waals surface area (Å²) < 4.78 is 39.6. The molecule has 1 heterocycles. The van der Waals surface area contributed by atoms with E-state index in [4.69, 9.17) is 0 Å². The van der Waals surface area contributed by atoms with Crippen LogP contribution < -0.4 is 5.32 Å². The number of imide groups is 1. The molecule has 0 aliphatic carbocycles. The highest BCUT2D eigenvalue weighted by Gasteiger charge is 2.39. The van der Waals surface area contributed by atoms with E-state index in [2.05, 4.69) is 5.32 Å². The van der Waals surface area contributed by atoms with Gasteiger partial charge in [-0.05, 0) is 60.7 Å². The van der Waals surface area contributed by atoms with E-state index in [1.54, 1.807) is 6.07 Å². The Morgan fingerprint density at radius 3 is 2.24 bits per heavy atom. The molecular weight excluding hydrogens is 441 g/mol. The van der Waals surface area contributed by atoms with Gasteiger partial charge in [-0.15, -0.1) is 0 Å². The number of alkyl halides is 3. The van der Waals surface area contributed by atoms with Gasteiger partial charge in [-0.2, -0.15) is 13.2 Å². The maximum Gasteiger partial charge on any atom is 0.416 e. The second-order valence-corrected chi connectivity index (χ2v) is 8.25. The third kappa shape index (κ3) is 4.73. The monoisotopic (exact) mass is 464 g/mol. The van der Waals surface area contributed by atoms with E-state index < -0.39 is 23.6 Å². The highest BCUT2D eigenvalue weighted by Crippen LogP contribution is 2.34. The summed E-state index contributed by atoms with van der Waals surface area (Å²) >= 11 is 0. The number of rotatable bonds is 6. The van der Waals surface area contributed by atoms with Gasteiger partial charge in [0.25, 0.3) is 11.8 Å². The molecule has 34 heavy (non-hydrogen) atoms. The second kappa shape index (κ2) is 9.17. The van der Waals surface area contributed by atoms with Crippen LogP contribution in [0.5, 0.6) is 0 Å². The zero-order chi connectivity index (χ0) is 24.5. The molecule has 4 rings (SSSR count). The summed E-state index contributed by atoms with van der Waals surface area (Å²) in [4.78, 5) is 27.9. The summed E-state index contributed by atoms with van der Waals surface area (Å²) in [6.45, 7) is 3.99. The van der Waals surface area contributed by atoms with Gasteiger partial charge in [0.05, 0.1) is 11.1 Å². The molecule has 0 radical (unpaired) electrons. The predicted octanol–water partition coefficient (Wildman–Crippen LogP) is 5.76. The van der Waals surface area contributed by atoms with Crippen molar-refractivity contribution in [2.24, 2.45) is 0 Å². The first kappa shape index (κ1) is 23.3. The minimum Gasteiger partial charge on any atom is -0.350 e. The van der Waals surface area contributed by atoms with Crippen molar-refractivity contribution in [1.29, 1.82) is 0 Å². The second-order valence-electron chi connectivity index (χ2n) is 8.25. The van der Waals surface area contributed by atoms with E-state index in [0.717, 1.165) is 33.7 Å². The van der Waals surface area contributed by atoms with Gasteiger partial charge in [-0.25, -0.2) is 0 Å². The Balaban J connectivity index is 1.71. The summed E-state index contributed by atoms with van der Waals surface area (Å²) in [6, 6.07) is 19.4. The van der Waals surface area contributed by atoms with Crippen molar-refractivity contribution >= 4 is 23.1 Å². The first-order valence-electron chi connectivity index (χ1n) is 10.8. The van der Waals surface area contributed by atoms with Crippen molar-refractivity contribution in [2.45, 2.75) is 26.4 Å². The fourth-order valence-corrected chi connectivity index (χ4v) is 3.86. The molecule has 0 saturated carbocycles. The van der Waals surface area contributed by atoms with Crippen molar-refractivity contribution in [1.82, 2.24) is 4.90 Å². The molecule has 0 fully saturated rings. The summed E-state index contributed by atoms with van der Waals surface area (Å²) in [7, 11) is 0. The van der Waals surface area contributed by atoms with Crippen LogP contribution in [0, 0.1) is 13.8 Å². The zero-order valence-electron chi connectivity index (χ0n) is 18.7. The van der Waals surface area contributed by atoms with Crippen molar-refractivity contribution in [3.05, 3.63) is 106 Å². The minimum absolute atomic E-state index is 0.0272. The van der Waals surface area contributed by atoms with Crippen LogP contribution >= 0.6 is 0 Å². The summed E-state index contributed by atoms with van der Waals surface area (Å²) in [5.74, 6) is -1.04. The molecule has 0 bridgehead atoms. The van der Waals surface area contributed by atoms with Crippen molar-refractivity contribution in [3.63, 3.8) is 0 Å². The third-order valence-corrected chi connectivity index (χ3v) is 5.89. The molecule has 0 atom stereocenters. The standard InChI is InChI=1S/C27H23F3N2O2/c1-17-11-12-20(15-18(17)2)23-24(31-22-10-6-9-21(16-22)27(28,29)30)26(34)32(25(23)33)14-13-19-7-4-3-5-8-19/h3-12,15-16,31H,13-14H2,1-2H3. The topological polar surface area (TPSA) is 49.4 Å². The van der Waals surface area contributed by atoms with Crippen LogP contribution in [-0.2, 0) is 22.2 Å². The van der Waals surface area contributed by atoms with Crippen LogP contribution in [-0.4, -0.2) is 23.3 Å². The molecule has 1 aliphatic heterocycles. The highest BCUT2D eigenvalue weighted by atomic mass is 19.4. The molecule has 0 saturated heterocycles. The molecule has 174 valence electrons. The number of carbonyl (C=O) groups excluding carboxylic acids is 2. The van der Waals surface area contributed by atoms with E-state index in [-0.39, 0.29) is 23.5 Å². The van der Waals surface area contributed by atoms with E-state index in [9.17, 15) is 22.8 Å². The molecule has 3 aromatic rings. The van der Waals surface area contributed by atoms with Crippen molar-refractivity contribution in [2.75, 3.05) is 11.9 Å². The van der Waals surface area contributed by atoms with Crippen LogP contribution in [0.3, 0.4) is 0 Å². The Hall–Kier alpha value is -3.87. The highest BCUT2D eigenvalue weighted by molar-refractivity contribution is 6.36. The van der Waals surface area contributed by atoms with Gasteiger partial charge in [-0.3, -0.25) is 14.5 Å². The Bertz CT molecular complexity index is 1280. The van der Waals surface area contributed by atoms with Crippen LogP contribution in [0.25, 0.3) is 5.57 Å². The lowest BCUT2D eigenvalue weighted by atomic mass is 9.99. The van der Waals surface area contributed by atoms with Gasteiger partial charge in [0.2, 0.25) is 0 Å². The molecule has 0 aromatic heterocycles. The minimum atomic E-state index is -4.53. The first-order valence-corrected chi connectivity index (χ1v) is 10.8. The summed E-state index contributed by atoms with van der Waals surface area (Å²) in [6.07, 6.45) is -4.06. The van der Waals surface area contributed by atoms with Gasteiger partial charge in [0.15, 0.2) is 0 Å². The molecule has 4 nitrogen and oxygen atoms in total. The zero-order valence-corrected chi connectivity index (χ0v) is 18.7. The van der Waals surface area contributed by atoms with Crippen LogP contribution in [0.1, 0.15) is 27.8 Å². The average Bonchev–Trinajstić information content (AvgIpc) is 3.03. The number of carbonyl (C=O) groups is 2. The van der Waals surface area contributed by atoms with E-state index in [1.165, 1.54) is 12.1 Å². The number of hydrogen-bond donors (Lipinski definition) is 1. The fourth-order valence-electron chi connectivity index (χ4n) is 3.86. The Labute approximate surface area is 195 Å². The average molecular weight is 464 g/mol. The summed E-state index contributed by atoms with van der Waals surface area (Å²) in [5.41, 5.74) is 2.83. The lowest BCUT2D eigenvalue weighted by Gasteiger charge is -2.15. The van der Waals surface area contributed by atoms with E-state index in [0.29, 0.717) is 12.0 Å². The Kier molecular flexibility index (Phi) is 6.28. The normalized spacial score (nSPS) is 14.2. The summed E-state index contributed by atoms with van der Waals surface area (Å²) in [5, 5.41) is 2.81. The van der Waals surface area contributed by atoms with Crippen LogP contribution in [0.4, 0.5) is 18.9 Å². The van der Waals surface area contributed by atoms with Crippen LogP contribution in [0.15, 0.2) is 78.5 Å². The number of benzene rings is 3. The Morgan fingerprint density at radius 2 is 1.56 bits per heavy atom. The van der Waals surface area contributed by atoms with E-state index in [1.807, 2.05) is 56.3 Å². The number of hydrogen-bond acceptors (Lipinski definition) is 3. The molecule has 0 spiro atoms. The predicted molar refractivity (Wildman–Crippen MR) is 125 cm³/mol. The van der Waals surface area contributed by atoms with Gasteiger partial charge in [-0.1, -0.05) is 54.6 Å². The number of anilines is 1. The lowest BCUT2D eigenvalue weighted by Crippen LogP contribution is -2.34. The smallest absolute Gasteiger partial charge is 0.350 e. The first-order chi connectivity index (χ1) is 16.1. The number of aryl methyl sites for hydroxylation is 2. The van der Waals surface area contributed by atoms with Crippen LogP contribution in [0.2, 0.25) is 0 Å². The fraction of sp³-hybridized carbons (Fsp3) is 0.185. The molecule has 1 N–H and O–H groups in total. The Morgan fingerprint density at radius 1 is 0.824 bits per heavy atom. The largest absolute Gasteiger partial charge is 0.416 e. The van der Waals surface area contributed by atoms with E-state index >= 15 is 0 Å². The number of halogens is 3. The SMILES string of the molecule is Cc1ccc(C2=C(Nc3cccc(C(F)(F)F)c3)C(=O)N(CCc3ccccc3)C2=O)cc1C. The molecular formula is C27H23F3N2O2. The quantitative estimate of drug-likeness (QED) is 0.472. The van der Waals surface area contributed by atoms with Crippen molar-refractivity contribution < 1.29 is 22.8 Å².